The van der Waals surface area contributed by atoms with Gasteiger partial charge in [0, 0.05) is 17.1 Å². The first-order chi connectivity index (χ1) is 8.17. The second-order valence-electron chi connectivity index (χ2n) is 5.42. The molecule has 5 nitrogen and oxygen atoms in total. The van der Waals surface area contributed by atoms with Crippen LogP contribution < -0.4 is 4.72 Å². The molecule has 0 atom stereocenters. The van der Waals surface area contributed by atoms with Gasteiger partial charge in [-0.3, -0.25) is 4.72 Å². The second kappa shape index (κ2) is 3.98. The van der Waals surface area contributed by atoms with Crippen molar-refractivity contribution >= 4 is 26.9 Å². The molecule has 0 spiro atoms. The Hall–Kier alpha value is -1.56. The summed E-state index contributed by atoms with van der Waals surface area (Å²) in [4.78, 5) is 7.32. The predicted octanol–water partition coefficient (Wildman–Crippen LogP) is 2.23. The molecule has 2 heterocycles. The lowest BCUT2D eigenvalue weighted by Gasteiger charge is -2.22. The summed E-state index contributed by atoms with van der Waals surface area (Å²) in [5.74, 6) is 0.389. The second-order valence-corrected chi connectivity index (χ2v) is 7.17. The summed E-state index contributed by atoms with van der Waals surface area (Å²) in [5.41, 5.74) is 1.36. The molecule has 0 amide bonds. The van der Waals surface area contributed by atoms with E-state index in [1.807, 2.05) is 32.9 Å². The number of hydrogen-bond acceptors (Lipinski definition) is 3. The van der Waals surface area contributed by atoms with Crippen molar-refractivity contribution in [1.82, 2.24) is 9.97 Å². The number of rotatable bonds is 2. The number of aromatic amines is 1. The highest BCUT2D eigenvalue weighted by atomic mass is 32.2. The van der Waals surface area contributed by atoms with Gasteiger partial charge in [-0.2, -0.15) is 0 Å². The smallest absolute Gasteiger partial charge is 0.230 e. The minimum absolute atomic E-state index is 0.189. The average Bonchev–Trinajstić information content (AvgIpc) is 2.58. The SMILES string of the molecule is CC(C)(C)c1cc2cc[nH]c2nc1NS(C)(=O)=O. The van der Waals surface area contributed by atoms with Crippen LogP contribution in [0.25, 0.3) is 11.0 Å². The van der Waals surface area contributed by atoms with Crippen molar-refractivity contribution in [1.29, 1.82) is 0 Å². The van der Waals surface area contributed by atoms with E-state index in [1.54, 1.807) is 6.20 Å². The maximum Gasteiger partial charge on any atom is 0.230 e. The molecule has 0 saturated heterocycles. The third-order valence-corrected chi connectivity index (χ3v) is 3.19. The highest BCUT2D eigenvalue weighted by molar-refractivity contribution is 7.92. The molecule has 0 unspecified atom stereocenters. The van der Waals surface area contributed by atoms with Gasteiger partial charge >= 0.3 is 0 Å². The molecule has 6 heteroatoms. The number of nitrogens with zero attached hydrogens (tertiary/aromatic N) is 1. The molecule has 0 aliphatic rings. The van der Waals surface area contributed by atoms with Crippen molar-refractivity contribution in [2.24, 2.45) is 0 Å². The van der Waals surface area contributed by atoms with Crippen LogP contribution in [0.15, 0.2) is 18.3 Å². The third kappa shape index (κ3) is 2.64. The normalized spacial score (nSPS) is 12.9. The highest BCUT2D eigenvalue weighted by Crippen LogP contribution is 2.31. The first-order valence-electron chi connectivity index (χ1n) is 5.63. The first-order valence-corrected chi connectivity index (χ1v) is 7.52. The number of fused-ring (bicyclic) bond motifs is 1. The molecule has 0 aliphatic carbocycles. The Kier molecular flexibility index (Phi) is 2.85. The van der Waals surface area contributed by atoms with Gasteiger partial charge in [-0.25, -0.2) is 13.4 Å². The number of aromatic nitrogens is 2. The lowest BCUT2D eigenvalue weighted by atomic mass is 9.87. The van der Waals surface area contributed by atoms with E-state index in [0.717, 1.165) is 17.2 Å². The van der Waals surface area contributed by atoms with Crippen molar-refractivity contribution in [2.45, 2.75) is 26.2 Å². The summed E-state index contributed by atoms with van der Waals surface area (Å²) in [6.45, 7) is 6.07. The zero-order chi connectivity index (χ0) is 13.6. The molecular weight excluding hydrogens is 250 g/mol. The van der Waals surface area contributed by atoms with Crippen LogP contribution in [0.4, 0.5) is 5.82 Å². The first kappa shape index (κ1) is 12.9. The molecule has 2 aromatic heterocycles. The van der Waals surface area contributed by atoms with Crippen molar-refractivity contribution in [3.05, 3.63) is 23.9 Å². The summed E-state index contributed by atoms with van der Waals surface area (Å²) < 4.78 is 25.3. The van der Waals surface area contributed by atoms with Crippen LogP contribution in [-0.4, -0.2) is 24.6 Å². The maximum atomic E-state index is 11.4. The molecular formula is C12H17N3O2S. The maximum absolute atomic E-state index is 11.4. The van der Waals surface area contributed by atoms with Crippen LogP contribution in [0, 0.1) is 0 Å². The quantitative estimate of drug-likeness (QED) is 0.876. The van der Waals surface area contributed by atoms with Crippen LogP contribution in [0.3, 0.4) is 0 Å². The Morgan fingerprint density at radius 1 is 1.33 bits per heavy atom. The fourth-order valence-electron chi connectivity index (χ4n) is 1.81. The van der Waals surface area contributed by atoms with Crippen LogP contribution in [0.5, 0.6) is 0 Å². The van der Waals surface area contributed by atoms with Crippen molar-refractivity contribution < 1.29 is 8.42 Å². The summed E-state index contributed by atoms with van der Waals surface area (Å²) in [6, 6.07) is 3.88. The molecule has 0 bridgehead atoms. The number of H-pyrrole nitrogens is 1. The molecule has 0 radical (unpaired) electrons. The molecule has 18 heavy (non-hydrogen) atoms. The molecule has 2 rings (SSSR count). The van der Waals surface area contributed by atoms with Gasteiger partial charge in [-0.1, -0.05) is 20.8 Å². The summed E-state index contributed by atoms with van der Waals surface area (Å²) in [5, 5.41) is 0.971. The van der Waals surface area contributed by atoms with Crippen LogP contribution >= 0.6 is 0 Å². The number of pyridine rings is 1. The minimum atomic E-state index is -3.34. The molecule has 2 N–H and O–H groups in total. The molecule has 0 saturated carbocycles. The number of hydrogen-bond donors (Lipinski definition) is 2. The molecule has 0 fully saturated rings. The Morgan fingerprint density at radius 3 is 2.56 bits per heavy atom. The summed E-state index contributed by atoms with van der Waals surface area (Å²) in [7, 11) is -3.34. The van der Waals surface area contributed by atoms with E-state index >= 15 is 0 Å². The van der Waals surface area contributed by atoms with E-state index in [1.165, 1.54) is 0 Å². The third-order valence-electron chi connectivity index (χ3n) is 2.63. The topological polar surface area (TPSA) is 74.8 Å². The van der Waals surface area contributed by atoms with Gasteiger partial charge in [0.15, 0.2) is 0 Å². The zero-order valence-corrected chi connectivity index (χ0v) is 11.7. The fourth-order valence-corrected chi connectivity index (χ4v) is 2.31. The average molecular weight is 267 g/mol. The predicted molar refractivity (Wildman–Crippen MR) is 73.3 cm³/mol. The van der Waals surface area contributed by atoms with E-state index in [2.05, 4.69) is 14.7 Å². The van der Waals surface area contributed by atoms with Crippen molar-refractivity contribution in [3.8, 4) is 0 Å². The van der Waals surface area contributed by atoms with E-state index in [-0.39, 0.29) is 5.41 Å². The summed E-state index contributed by atoms with van der Waals surface area (Å²) in [6.07, 6.45) is 2.91. The molecule has 98 valence electrons. The highest BCUT2D eigenvalue weighted by Gasteiger charge is 2.22. The standard InChI is InChI=1S/C12H17N3O2S/c1-12(2,3)9-7-8-5-6-13-10(8)14-11(9)15-18(4,16)17/h5-7H,1-4H3,(H2,13,14,15). The van der Waals surface area contributed by atoms with Gasteiger partial charge in [0.1, 0.15) is 11.5 Å². The van der Waals surface area contributed by atoms with E-state index < -0.39 is 10.0 Å². The Labute approximate surface area is 107 Å². The van der Waals surface area contributed by atoms with Gasteiger partial charge in [-0.05, 0) is 17.5 Å². The molecule has 2 aromatic rings. The minimum Gasteiger partial charge on any atom is -0.346 e. The van der Waals surface area contributed by atoms with Crippen LogP contribution in [-0.2, 0) is 15.4 Å². The Morgan fingerprint density at radius 2 is 2.00 bits per heavy atom. The zero-order valence-electron chi connectivity index (χ0n) is 10.9. The van der Waals surface area contributed by atoms with Gasteiger partial charge in [0.25, 0.3) is 0 Å². The summed E-state index contributed by atoms with van der Waals surface area (Å²) >= 11 is 0. The molecule has 0 aliphatic heterocycles. The van der Waals surface area contributed by atoms with E-state index in [4.69, 9.17) is 0 Å². The van der Waals surface area contributed by atoms with Crippen molar-refractivity contribution in [3.63, 3.8) is 0 Å². The number of nitrogens with one attached hydrogen (secondary N) is 2. The largest absolute Gasteiger partial charge is 0.346 e. The van der Waals surface area contributed by atoms with Gasteiger partial charge in [0.05, 0.1) is 6.26 Å². The van der Waals surface area contributed by atoms with E-state index in [0.29, 0.717) is 11.5 Å². The van der Waals surface area contributed by atoms with Gasteiger partial charge < -0.3 is 4.98 Å². The van der Waals surface area contributed by atoms with E-state index in [9.17, 15) is 8.42 Å². The Bertz CT molecular complexity index is 681. The number of anilines is 1. The Balaban J connectivity index is 2.67. The van der Waals surface area contributed by atoms with Crippen LogP contribution in [0.1, 0.15) is 26.3 Å². The van der Waals surface area contributed by atoms with Crippen molar-refractivity contribution in [2.75, 3.05) is 11.0 Å². The lowest BCUT2D eigenvalue weighted by molar-refractivity contribution is 0.589. The number of sulfonamides is 1. The van der Waals surface area contributed by atoms with Crippen LogP contribution in [0.2, 0.25) is 0 Å². The lowest BCUT2D eigenvalue weighted by Crippen LogP contribution is -2.19. The monoisotopic (exact) mass is 267 g/mol. The van der Waals surface area contributed by atoms with Gasteiger partial charge in [0.2, 0.25) is 10.0 Å². The van der Waals surface area contributed by atoms with Gasteiger partial charge in [-0.15, -0.1) is 0 Å². The molecule has 0 aromatic carbocycles. The fraction of sp³-hybridized carbons (Fsp3) is 0.417.